The number of nitrogens with one attached hydrogen (secondary N) is 1. The molecular formula is C14H13N3. The van der Waals surface area contributed by atoms with Gasteiger partial charge in [0.05, 0.1) is 5.69 Å². The van der Waals surface area contributed by atoms with Crippen LogP contribution in [0.5, 0.6) is 0 Å². The lowest BCUT2D eigenvalue weighted by atomic mass is 10.00. The Labute approximate surface area is 99.7 Å². The van der Waals surface area contributed by atoms with Gasteiger partial charge in [-0.05, 0) is 42.8 Å². The van der Waals surface area contributed by atoms with Gasteiger partial charge in [0.2, 0.25) is 0 Å². The maximum absolute atomic E-state index is 5.83. The zero-order chi connectivity index (χ0) is 11.8. The van der Waals surface area contributed by atoms with E-state index in [4.69, 9.17) is 5.73 Å². The third-order valence-electron chi connectivity index (χ3n) is 3.05. The molecule has 0 saturated heterocycles. The highest BCUT2D eigenvalue weighted by Gasteiger charge is 2.15. The van der Waals surface area contributed by atoms with Crippen molar-refractivity contribution < 1.29 is 0 Å². The van der Waals surface area contributed by atoms with Crippen molar-refractivity contribution in [2.45, 2.75) is 6.92 Å². The van der Waals surface area contributed by atoms with Crippen LogP contribution in [-0.2, 0) is 0 Å². The van der Waals surface area contributed by atoms with Crippen LogP contribution < -0.4 is 5.73 Å². The molecule has 0 unspecified atom stereocenters. The Morgan fingerprint density at radius 3 is 2.94 bits per heavy atom. The monoisotopic (exact) mass is 223 g/mol. The van der Waals surface area contributed by atoms with Crippen LogP contribution in [0, 0.1) is 0 Å². The van der Waals surface area contributed by atoms with Crippen molar-refractivity contribution in [1.29, 1.82) is 0 Å². The van der Waals surface area contributed by atoms with Gasteiger partial charge in [-0.25, -0.2) is 0 Å². The summed E-state index contributed by atoms with van der Waals surface area (Å²) in [5.41, 5.74) is 12.1. The normalized spacial score (nSPS) is 16.1. The van der Waals surface area contributed by atoms with Crippen LogP contribution in [0.15, 0.2) is 41.5 Å². The molecule has 0 saturated carbocycles. The van der Waals surface area contributed by atoms with E-state index in [9.17, 15) is 0 Å². The van der Waals surface area contributed by atoms with Crippen molar-refractivity contribution in [3.05, 3.63) is 47.8 Å². The minimum atomic E-state index is 0.769. The van der Waals surface area contributed by atoms with Gasteiger partial charge in [0.25, 0.3) is 0 Å². The summed E-state index contributed by atoms with van der Waals surface area (Å²) in [6, 6.07) is 9.86. The highest BCUT2D eigenvalue weighted by atomic mass is 14.8. The summed E-state index contributed by atoms with van der Waals surface area (Å²) in [6.45, 7) is 2.09. The molecule has 1 aliphatic heterocycles. The number of nitrogens with zero attached hydrogens (tertiary/aromatic N) is 1. The van der Waals surface area contributed by atoms with Crippen LogP contribution in [0.2, 0.25) is 0 Å². The summed E-state index contributed by atoms with van der Waals surface area (Å²) in [4.78, 5) is 7.61. The molecule has 1 aromatic carbocycles. The van der Waals surface area contributed by atoms with E-state index in [1.807, 2.05) is 36.7 Å². The standard InChI is InChI=1S/C14H13N3/c1-9(13-3-2-6-16-13)12-8-17-14-5-4-10(15)7-11(12)14/h2-8,16H,15H2,1H3. The van der Waals surface area contributed by atoms with Crippen LogP contribution in [0.3, 0.4) is 0 Å². The first-order chi connectivity index (χ1) is 8.25. The number of H-pyrrole nitrogens is 1. The number of hydrogen-bond acceptors (Lipinski definition) is 2. The van der Waals surface area contributed by atoms with Crippen molar-refractivity contribution in [2.75, 3.05) is 5.73 Å². The lowest BCUT2D eigenvalue weighted by Crippen LogP contribution is -1.90. The van der Waals surface area contributed by atoms with Crippen molar-refractivity contribution in [3.63, 3.8) is 0 Å². The van der Waals surface area contributed by atoms with Gasteiger partial charge in [0, 0.05) is 34.9 Å². The van der Waals surface area contributed by atoms with E-state index in [0.717, 1.165) is 28.2 Å². The van der Waals surface area contributed by atoms with Crippen LogP contribution in [0.1, 0.15) is 18.2 Å². The Hall–Kier alpha value is -2.29. The molecule has 84 valence electrons. The van der Waals surface area contributed by atoms with Gasteiger partial charge < -0.3 is 10.7 Å². The van der Waals surface area contributed by atoms with Crippen molar-refractivity contribution in [2.24, 2.45) is 4.99 Å². The smallest absolute Gasteiger partial charge is 0.0710 e. The maximum atomic E-state index is 5.83. The number of fused-ring (bicyclic) bond motifs is 1. The van der Waals surface area contributed by atoms with Crippen LogP contribution in [0.25, 0.3) is 11.1 Å². The minimum Gasteiger partial charge on any atom is -0.399 e. The fourth-order valence-corrected chi connectivity index (χ4v) is 2.09. The Bertz CT molecular complexity index is 619. The molecule has 3 heteroatoms. The van der Waals surface area contributed by atoms with E-state index in [2.05, 4.69) is 23.0 Å². The topological polar surface area (TPSA) is 54.2 Å². The van der Waals surface area contributed by atoms with Gasteiger partial charge in [-0.15, -0.1) is 0 Å². The molecule has 1 aromatic heterocycles. The molecule has 0 bridgehead atoms. The molecule has 3 N–H and O–H groups in total. The predicted molar refractivity (Wildman–Crippen MR) is 72.3 cm³/mol. The average Bonchev–Trinajstić information content (AvgIpc) is 2.97. The first-order valence-corrected chi connectivity index (χ1v) is 5.54. The number of aliphatic imine (C=N–C) groups is 1. The largest absolute Gasteiger partial charge is 0.399 e. The lowest BCUT2D eigenvalue weighted by molar-refractivity contribution is 1.34. The predicted octanol–water partition coefficient (Wildman–Crippen LogP) is 3.24. The molecule has 0 radical (unpaired) electrons. The van der Waals surface area contributed by atoms with E-state index >= 15 is 0 Å². The molecule has 2 heterocycles. The summed E-state index contributed by atoms with van der Waals surface area (Å²) in [6.07, 6.45) is 3.83. The summed E-state index contributed by atoms with van der Waals surface area (Å²) >= 11 is 0. The molecule has 3 rings (SSSR count). The number of allylic oxidation sites excluding steroid dienone is 2. The molecule has 17 heavy (non-hydrogen) atoms. The molecular weight excluding hydrogens is 210 g/mol. The first kappa shape index (κ1) is 9.90. The first-order valence-electron chi connectivity index (χ1n) is 5.54. The fraction of sp³-hybridized carbons (Fsp3) is 0.0714. The third-order valence-corrected chi connectivity index (χ3v) is 3.05. The third kappa shape index (κ3) is 1.56. The molecule has 3 nitrogen and oxygen atoms in total. The van der Waals surface area contributed by atoms with Crippen molar-refractivity contribution in [1.82, 2.24) is 4.98 Å². The van der Waals surface area contributed by atoms with Crippen LogP contribution in [-0.4, -0.2) is 11.2 Å². The lowest BCUT2D eigenvalue weighted by Gasteiger charge is -2.05. The van der Waals surface area contributed by atoms with E-state index < -0.39 is 0 Å². The highest BCUT2D eigenvalue weighted by molar-refractivity contribution is 6.24. The van der Waals surface area contributed by atoms with Gasteiger partial charge in [-0.2, -0.15) is 0 Å². The second-order valence-corrected chi connectivity index (χ2v) is 4.16. The number of benzene rings is 1. The number of nitrogens with two attached hydrogens (primary N) is 1. The quantitative estimate of drug-likeness (QED) is 0.716. The summed E-state index contributed by atoms with van der Waals surface area (Å²) in [5, 5.41) is 0. The number of aromatic nitrogens is 1. The average molecular weight is 223 g/mol. The van der Waals surface area contributed by atoms with E-state index in [-0.39, 0.29) is 0 Å². The van der Waals surface area contributed by atoms with Gasteiger partial charge in [0.15, 0.2) is 0 Å². The SMILES string of the molecule is CC(=C1C=Nc2ccc(N)cc21)c1ccc[nH]1. The molecule has 0 aliphatic carbocycles. The van der Waals surface area contributed by atoms with Crippen LogP contribution in [0.4, 0.5) is 11.4 Å². The zero-order valence-corrected chi connectivity index (χ0v) is 9.57. The van der Waals surface area contributed by atoms with Gasteiger partial charge >= 0.3 is 0 Å². The van der Waals surface area contributed by atoms with Gasteiger partial charge in [-0.3, -0.25) is 4.99 Å². The second kappa shape index (κ2) is 3.63. The van der Waals surface area contributed by atoms with E-state index in [0.29, 0.717) is 0 Å². The van der Waals surface area contributed by atoms with E-state index in [1.165, 1.54) is 5.57 Å². The maximum Gasteiger partial charge on any atom is 0.0710 e. The summed E-state index contributed by atoms with van der Waals surface area (Å²) in [7, 11) is 0. The second-order valence-electron chi connectivity index (χ2n) is 4.16. The minimum absolute atomic E-state index is 0.769. The molecule has 0 spiro atoms. The number of rotatable bonds is 1. The molecule has 1 aliphatic rings. The van der Waals surface area contributed by atoms with Crippen LogP contribution >= 0.6 is 0 Å². The zero-order valence-electron chi connectivity index (χ0n) is 9.57. The summed E-state index contributed by atoms with van der Waals surface area (Å²) < 4.78 is 0. The molecule has 0 fully saturated rings. The highest BCUT2D eigenvalue weighted by Crippen LogP contribution is 2.36. The van der Waals surface area contributed by atoms with Gasteiger partial charge in [0.1, 0.15) is 0 Å². The summed E-state index contributed by atoms with van der Waals surface area (Å²) in [5.74, 6) is 0. The molecule has 0 amide bonds. The Kier molecular flexibility index (Phi) is 2.11. The Morgan fingerprint density at radius 2 is 2.18 bits per heavy atom. The number of anilines is 1. The van der Waals surface area contributed by atoms with Crippen molar-refractivity contribution in [3.8, 4) is 0 Å². The number of hydrogen-bond donors (Lipinski definition) is 2. The molecule has 2 aromatic rings. The van der Waals surface area contributed by atoms with Gasteiger partial charge in [-0.1, -0.05) is 0 Å². The van der Waals surface area contributed by atoms with Crippen molar-refractivity contribution >= 4 is 28.7 Å². The van der Waals surface area contributed by atoms with E-state index in [1.54, 1.807) is 0 Å². The number of nitrogen functional groups attached to an aromatic ring is 1. The Balaban J connectivity index is 2.18. The Morgan fingerprint density at radius 1 is 1.29 bits per heavy atom. The number of aromatic amines is 1. The fourth-order valence-electron chi connectivity index (χ4n) is 2.09. The molecule has 0 atom stereocenters.